The fraction of sp³-hybridized carbons (Fsp3) is 0.304. The van der Waals surface area contributed by atoms with Crippen LogP contribution in [0.5, 0.6) is 17.2 Å². The normalized spacial score (nSPS) is 22.4. The van der Waals surface area contributed by atoms with Gasteiger partial charge in [0.2, 0.25) is 11.4 Å². The van der Waals surface area contributed by atoms with Crippen molar-refractivity contribution in [2.75, 3.05) is 14.2 Å². The number of hydrogen-bond acceptors (Lipinski definition) is 7. The maximum Gasteiger partial charge on any atom is 0.219 e. The van der Waals surface area contributed by atoms with Crippen molar-refractivity contribution in [3.63, 3.8) is 0 Å². The molecule has 32 heavy (non-hydrogen) atoms. The maximum absolute atomic E-state index is 13.8. The summed E-state index contributed by atoms with van der Waals surface area (Å²) < 4.78 is 43.8. The molecule has 0 aromatic heterocycles. The number of allylic oxidation sites excluding steroid dienone is 1. The molecule has 0 unspecified atom stereocenters. The third kappa shape index (κ3) is 3.29. The van der Waals surface area contributed by atoms with E-state index in [9.17, 15) is 18.0 Å². The van der Waals surface area contributed by atoms with Gasteiger partial charge in [0.15, 0.2) is 21.4 Å². The molecule has 1 spiro atoms. The summed E-state index contributed by atoms with van der Waals surface area (Å²) in [6.07, 6.45) is 0.959. The number of carbonyl (C=O) groups excluding carboxylic acids is 2. The minimum absolute atomic E-state index is 0.0186. The van der Waals surface area contributed by atoms with E-state index in [-0.39, 0.29) is 44.9 Å². The number of halogens is 1. The average Bonchev–Trinajstić information content (AvgIpc) is 3.06. The number of rotatable bonds is 5. The Labute approximate surface area is 190 Å². The number of fused-ring (bicyclic) bond motifs is 1. The standard InChI is InChI=1S/C23H21ClO7S/c1-13-9-15(25)10-18(32(27,28)12-14-7-5-4-6-8-14)23(13)22(26)19-16(29-2)11-17(30-3)20(24)21(19)31-23/h4-8,10-11,13H,9,12H2,1-3H3/t13-,23-/m1/s1. The van der Waals surface area contributed by atoms with Gasteiger partial charge in [-0.1, -0.05) is 48.9 Å². The van der Waals surface area contributed by atoms with E-state index >= 15 is 0 Å². The monoisotopic (exact) mass is 476 g/mol. The van der Waals surface area contributed by atoms with E-state index in [0.717, 1.165) is 6.08 Å². The largest absolute Gasteiger partial charge is 0.496 e. The van der Waals surface area contributed by atoms with Crippen molar-refractivity contribution in [1.82, 2.24) is 0 Å². The molecule has 0 amide bonds. The van der Waals surface area contributed by atoms with Crippen LogP contribution in [0.2, 0.25) is 5.02 Å². The van der Waals surface area contributed by atoms with Gasteiger partial charge in [0.25, 0.3) is 0 Å². The lowest BCUT2D eigenvalue weighted by Gasteiger charge is -2.37. The van der Waals surface area contributed by atoms with Crippen LogP contribution in [0.4, 0.5) is 0 Å². The number of carbonyl (C=O) groups is 2. The van der Waals surface area contributed by atoms with E-state index in [1.54, 1.807) is 37.3 Å². The van der Waals surface area contributed by atoms with E-state index in [1.165, 1.54) is 20.3 Å². The van der Waals surface area contributed by atoms with Crippen molar-refractivity contribution >= 4 is 33.0 Å². The lowest BCUT2D eigenvalue weighted by atomic mass is 9.77. The Morgan fingerprint density at radius 1 is 1.12 bits per heavy atom. The first-order chi connectivity index (χ1) is 15.2. The second-order valence-corrected chi connectivity index (χ2v) is 10.1. The second-order valence-electron chi connectivity index (χ2n) is 7.79. The number of Topliss-reactive ketones (excluding diaryl/α,β-unsaturated/α-hetero) is 1. The zero-order valence-corrected chi connectivity index (χ0v) is 19.2. The lowest BCUT2D eigenvalue weighted by Crippen LogP contribution is -2.53. The van der Waals surface area contributed by atoms with Crippen LogP contribution in [0.15, 0.2) is 47.4 Å². The minimum Gasteiger partial charge on any atom is -0.496 e. The van der Waals surface area contributed by atoms with Gasteiger partial charge in [-0.05, 0) is 5.56 Å². The molecular weight excluding hydrogens is 456 g/mol. The molecule has 0 radical (unpaired) electrons. The first-order valence-electron chi connectivity index (χ1n) is 9.85. The zero-order valence-electron chi connectivity index (χ0n) is 17.7. The van der Waals surface area contributed by atoms with Gasteiger partial charge in [-0.15, -0.1) is 0 Å². The van der Waals surface area contributed by atoms with Gasteiger partial charge >= 0.3 is 0 Å². The molecule has 0 bridgehead atoms. The molecule has 0 fully saturated rings. The van der Waals surface area contributed by atoms with Gasteiger partial charge < -0.3 is 14.2 Å². The third-order valence-corrected chi connectivity index (χ3v) is 7.98. The van der Waals surface area contributed by atoms with E-state index in [1.807, 2.05) is 0 Å². The van der Waals surface area contributed by atoms with E-state index in [0.29, 0.717) is 5.56 Å². The molecule has 1 aliphatic heterocycles. The Morgan fingerprint density at radius 2 is 1.78 bits per heavy atom. The van der Waals surface area contributed by atoms with E-state index < -0.39 is 32.9 Å². The Hall–Kier alpha value is -2.84. The van der Waals surface area contributed by atoms with Gasteiger partial charge in [-0.25, -0.2) is 8.42 Å². The SMILES string of the molecule is COc1cc(OC)c2c(c1Cl)O[C@@]1(C2=O)C(S(=O)(=O)Cc2ccccc2)=CC(=O)C[C@H]1C. The van der Waals surface area contributed by atoms with Crippen LogP contribution >= 0.6 is 11.6 Å². The molecule has 2 aliphatic rings. The first kappa shape index (κ1) is 22.4. The second kappa shape index (κ2) is 7.94. The topological polar surface area (TPSA) is 96.0 Å². The Morgan fingerprint density at radius 3 is 2.41 bits per heavy atom. The Balaban J connectivity index is 1.91. The van der Waals surface area contributed by atoms with Crippen LogP contribution in [-0.4, -0.2) is 39.8 Å². The summed E-state index contributed by atoms with van der Waals surface area (Å²) in [6.45, 7) is 1.62. The molecule has 4 rings (SSSR count). The van der Waals surface area contributed by atoms with Crippen molar-refractivity contribution in [3.8, 4) is 17.2 Å². The number of methoxy groups -OCH3 is 2. The quantitative estimate of drug-likeness (QED) is 0.647. The van der Waals surface area contributed by atoms with Gasteiger partial charge in [-0.2, -0.15) is 0 Å². The predicted molar refractivity (Wildman–Crippen MR) is 118 cm³/mol. The molecule has 1 aliphatic carbocycles. The third-order valence-electron chi connectivity index (χ3n) is 5.81. The number of hydrogen-bond donors (Lipinski definition) is 0. The average molecular weight is 477 g/mol. The van der Waals surface area contributed by atoms with Crippen molar-refractivity contribution < 1.29 is 32.2 Å². The number of ketones is 2. The molecule has 0 saturated carbocycles. The maximum atomic E-state index is 13.8. The smallest absolute Gasteiger partial charge is 0.219 e. The Kier molecular flexibility index (Phi) is 5.55. The summed E-state index contributed by atoms with van der Waals surface area (Å²) in [5.41, 5.74) is -1.37. The van der Waals surface area contributed by atoms with Crippen molar-refractivity contribution in [2.24, 2.45) is 5.92 Å². The highest BCUT2D eigenvalue weighted by Gasteiger charge is 2.61. The van der Waals surface area contributed by atoms with Crippen LogP contribution in [0.25, 0.3) is 0 Å². The first-order valence-corrected chi connectivity index (χ1v) is 11.9. The summed E-state index contributed by atoms with van der Waals surface area (Å²) in [4.78, 5) is 25.9. The molecule has 9 heteroatoms. The van der Waals surface area contributed by atoms with Crippen LogP contribution in [0.1, 0.15) is 29.3 Å². The van der Waals surface area contributed by atoms with E-state index in [4.69, 9.17) is 25.8 Å². The number of ether oxygens (including phenoxy) is 3. The summed E-state index contributed by atoms with van der Waals surface area (Å²) in [6, 6.07) is 9.97. The molecule has 2 aromatic rings. The molecule has 2 aromatic carbocycles. The van der Waals surface area contributed by atoms with Crippen LogP contribution in [0.3, 0.4) is 0 Å². The van der Waals surface area contributed by atoms with Crippen molar-refractivity contribution in [2.45, 2.75) is 24.7 Å². The molecule has 168 valence electrons. The molecule has 2 atom stereocenters. The highest BCUT2D eigenvalue weighted by molar-refractivity contribution is 7.94. The molecule has 0 saturated heterocycles. The molecule has 7 nitrogen and oxygen atoms in total. The fourth-order valence-corrected chi connectivity index (χ4v) is 6.44. The number of benzene rings is 2. The fourth-order valence-electron chi connectivity index (χ4n) is 4.28. The van der Waals surface area contributed by atoms with E-state index in [2.05, 4.69) is 0 Å². The van der Waals surface area contributed by atoms with Gasteiger partial charge in [-0.3, -0.25) is 9.59 Å². The van der Waals surface area contributed by atoms with Gasteiger partial charge in [0, 0.05) is 24.5 Å². The molecular formula is C23H21ClO7S. The van der Waals surface area contributed by atoms with Gasteiger partial charge in [0.1, 0.15) is 22.1 Å². The van der Waals surface area contributed by atoms with Crippen molar-refractivity contribution in [1.29, 1.82) is 0 Å². The lowest BCUT2D eigenvalue weighted by molar-refractivity contribution is -0.117. The van der Waals surface area contributed by atoms with Crippen LogP contribution in [0, 0.1) is 5.92 Å². The summed E-state index contributed by atoms with van der Waals surface area (Å²) in [7, 11) is -1.34. The highest BCUT2D eigenvalue weighted by atomic mass is 35.5. The van der Waals surface area contributed by atoms with Crippen LogP contribution in [-0.2, 0) is 20.4 Å². The minimum atomic E-state index is -4.11. The number of sulfone groups is 1. The highest BCUT2D eigenvalue weighted by Crippen LogP contribution is 2.55. The summed E-state index contributed by atoms with van der Waals surface area (Å²) in [5, 5.41) is 0.0254. The predicted octanol–water partition coefficient (Wildman–Crippen LogP) is 3.78. The van der Waals surface area contributed by atoms with Gasteiger partial charge in [0.05, 0.1) is 24.9 Å². The van der Waals surface area contributed by atoms with Crippen LogP contribution < -0.4 is 14.2 Å². The Bertz CT molecular complexity index is 1250. The molecule has 1 heterocycles. The van der Waals surface area contributed by atoms with Crippen molar-refractivity contribution in [3.05, 3.63) is 63.5 Å². The summed E-state index contributed by atoms with van der Waals surface area (Å²) in [5.74, 6) is -1.81. The zero-order chi connectivity index (χ0) is 23.3. The molecule has 0 N–H and O–H groups in total. The summed E-state index contributed by atoms with van der Waals surface area (Å²) >= 11 is 6.43.